The Morgan fingerprint density at radius 1 is 0.909 bits per heavy atom. The summed E-state index contributed by atoms with van der Waals surface area (Å²) in [7, 11) is 0. The number of benzene rings is 3. The van der Waals surface area contributed by atoms with Gasteiger partial charge in [-0.1, -0.05) is 48.5 Å². The fraction of sp³-hybridized carbons (Fsp3) is 0.296. The summed E-state index contributed by atoms with van der Waals surface area (Å²) in [6.45, 7) is 2.40. The minimum Gasteiger partial charge on any atom is -0.352 e. The molecule has 2 aliphatic rings. The Balaban J connectivity index is 1.20. The molecule has 6 nitrogen and oxygen atoms in total. The maximum Gasteiger partial charge on any atom is 0.253 e. The molecule has 0 radical (unpaired) electrons. The fourth-order valence-electron chi connectivity index (χ4n) is 4.76. The van der Waals surface area contributed by atoms with Crippen LogP contribution in [0, 0.1) is 5.92 Å². The normalized spacial score (nSPS) is 18.2. The summed E-state index contributed by atoms with van der Waals surface area (Å²) in [6, 6.07) is 21.3. The van der Waals surface area contributed by atoms with Gasteiger partial charge in [0, 0.05) is 43.5 Å². The van der Waals surface area contributed by atoms with Crippen LogP contribution in [0.4, 0.5) is 5.69 Å². The number of carbonyl (C=O) groups excluding carboxylic acids is 3. The van der Waals surface area contributed by atoms with Gasteiger partial charge in [-0.2, -0.15) is 0 Å². The summed E-state index contributed by atoms with van der Waals surface area (Å²) in [6.07, 6.45) is 2.34. The third-order valence-electron chi connectivity index (χ3n) is 6.61. The van der Waals surface area contributed by atoms with Crippen molar-refractivity contribution in [2.45, 2.75) is 25.8 Å². The van der Waals surface area contributed by atoms with Crippen LogP contribution < -0.4 is 10.2 Å². The van der Waals surface area contributed by atoms with Crippen molar-refractivity contribution in [2.75, 3.05) is 24.5 Å². The van der Waals surface area contributed by atoms with Crippen LogP contribution in [0.15, 0.2) is 66.7 Å². The lowest BCUT2D eigenvalue weighted by molar-refractivity contribution is -0.126. The molecule has 0 bridgehead atoms. The maximum atomic E-state index is 12.8. The molecule has 0 aliphatic carbocycles. The summed E-state index contributed by atoms with van der Waals surface area (Å²) < 4.78 is 0. The van der Waals surface area contributed by atoms with Crippen LogP contribution >= 0.6 is 0 Å². The van der Waals surface area contributed by atoms with Gasteiger partial charge in [0.05, 0.1) is 11.6 Å². The van der Waals surface area contributed by atoms with Crippen molar-refractivity contribution in [3.63, 3.8) is 0 Å². The van der Waals surface area contributed by atoms with E-state index in [0.717, 1.165) is 48.0 Å². The van der Waals surface area contributed by atoms with Crippen molar-refractivity contribution in [3.8, 4) is 0 Å². The van der Waals surface area contributed by atoms with Crippen LogP contribution in [0.3, 0.4) is 0 Å². The van der Waals surface area contributed by atoms with Crippen LogP contribution in [0.1, 0.15) is 35.2 Å². The van der Waals surface area contributed by atoms with Crippen LogP contribution in [-0.4, -0.2) is 42.3 Å². The molecule has 33 heavy (non-hydrogen) atoms. The highest BCUT2D eigenvalue weighted by molar-refractivity contribution is 6.07. The third-order valence-corrected chi connectivity index (χ3v) is 6.61. The Labute approximate surface area is 193 Å². The number of rotatable bonds is 5. The topological polar surface area (TPSA) is 69.7 Å². The van der Waals surface area contributed by atoms with Gasteiger partial charge in [-0.05, 0) is 42.0 Å². The molecule has 2 heterocycles. The molecule has 6 heteroatoms. The van der Waals surface area contributed by atoms with Crippen molar-refractivity contribution in [1.82, 2.24) is 10.2 Å². The summed E-state index contributed by atoms with van der Waals surface area (Å²) in [4.78, 5) is 41.6. The summed E-state index contributed by atoms with van der Waals surface area (Å²) in [5.41, 5.74) is 2.46. The van der Waals surface area contributed by atoms with Gasteiger partial charge < -0.3 is 15.1 Å². The molecule has 3 amide bonds. The van der Waals surface area contributed by atoms with Crippen LogP contribution in [0.5, 0.6) is 0 Å². The maximum absolute atomic E-state index is 12.8. The van der Waals surface area contributed by atoms with Crippen LogP contribution in [0.25, 0.3) is 10.8 Å². The fourth-order valence-corrected chi connectivity index (χ4v) is 4.76. The first-order valence-electron chi connectivity index (χ1n) is 11.5. The minimum absolute atomic E-state index is 0.0312. The SMILES string of the molecule is O=C(NCc1ccc(C(=O)N2CCCC2)cc1)C1CC(=O)N(c2cccc3ccccc23)C1. The number of hydrogen-bond donors (Lipinski definition) is 1. The molecular weight excluding hydrogens is 414 g/mol. The number of hydrogen-bond acceptors (Lipinski definition) is 3. The number of anilines is 1. The van der Waals surface area contributed by atoms with Crippen molar-refractivity contribution in [3.05, 3.63) is 77.9 Å². The molecule has 0 saturated carbocycles. The van der Waals surface area contributed by atoms with E-state index >= 15 is 0 Å². The number of amides is 3. The first-order chi connectivity index (χ1) is 16.1. The first kappa shape index (κ1) is 21.2. The molecule has 2 saturated heterocycles. The lowest BCUT2D eigenvalue weighted by atomic mass is 10.1. The van der Waals surface area contributed by atoms with E-state index in [1.54, 1.807) is 4.90 Å². The van der Waals surface area contributed by atoms with Gasteiger partial charge in [0.1, 0.15) is 0 Å². The Hall–Kier alpha value is -3.67. The lowest BCUT2D eigenvalue weighted by Gasteiger charge is -2.19. The largest absolute Gasteiger partial charge is 0.352 e. The molecule has 168 valence electrons. The molecule has 0 aromatic heterocycles. The molecular formula is C27H27N3O3. The second kappa shape index (κ2) is 9.06. The highest BCUT2D eigenvalue weighted by Gasteiger charge is 2.35. The van der Waals surface area contributed by atoms with E-state index in [9.17, 15) is 14.4 Å². The van der Waals surface area contributed by atoms with E-state index < -0.39 is 0 Å². The van der Waals surface area contributed by atoms with Crippen molar-refractivity contribution in [2.24, 2.45) is 5.92 Å². The molecule has 1 atom stereocenters. The molecule has 2 fully saturated rings. The van der Waals surface area contributed by atoms with Gasteiger partial charge in [0.2, 0.25) is 11.8 Å². The quantitative estimate of drug-likeness (QED) is 0.656. The molecule has 2 aliphatic heterocycles. The van der Waals surface area contributed by atoms with Gasteiger partial charge in [0.25, 0.3) is 5.91 Å². The van der Waals surface area contributed by atoms with Crippen LogP contribution in [-0.2, 0) is 16.1 Å². The molecule has 5 rings (SSSR count). The minimum atomic E-state index is -0.382. The molecule has 1 unspecified atom stereocenters. The standard InChI is InChI=1S/C27H27N3O3/c31-25-16-22(18-30(25)24-9-5-7-20-6-1-2-8-23(20)24)26(32)28-17-19-10-12-21(13-11-19)27(33)29-14-3-4-15-29/h1-2,5-13,22H,3-4,14-18H2,(H,28,32). The Kier molecular flexibility index (Phi) is 5.82. The second-order valence-electron chi connectivity index (χ2n) is 8.82. The summed E-state index contributed by atoms with van der Waals surface area (Å²) in [5, 5.41) is 5.04. The van der Waals surface area contributed by atoms with Gasteiger partial charge >= 0.3 is 0 Å². The predicted octanol–water partition coefficient (Wildman–Crippen LogP) is 3.75. The predicted molar refractivity (Wildman–Crippen MR) is 128 cm³/mol. The zero-order valence-electron chi connectivity index (χ0n) is 18.5. The average Bonchev–Trinajstić information content (AvgIpc) is 3.52. The Morgan fingerprint density at radius 2 is 1.64 bits per heavy atom. The highest BCUT2D eigenvalue weighted by atomic mass is 16.2. The Bertz CT molecular complexity index is 1190. The number of carbonyl (C=O) groups is 3. The van der Waals surface area contributed by atoms with Crippen molar-refractivity contribution < 1.29 is 14.4 Å². The zero-order valence-corrected chi connectivity index (χ0v) is 18.5. The molecule has 3 aromatic carbocycles. The Morgan fingerprint density at radius 3 is 2.42 bits per heavy atom. The monoisotopic (exact) mass is 441 g/mol. The van der Waals surface area contributed by atoms with Gasteiger partial charge in [0.15, 0.2) is 0 Å². The van der Waals surface area contributed by atoms with Crippen molar-refractivity contribution >= 4 is 34.2 Å². The summed E-state index contributed by atoms with van der Waals surface area (Å²) in [5.74, 6) is -0.465. The van der Waals surface area contributed by atoms with Crippen molar-refractivity contribution in [1.29, 1.82) is 0 Å². The van der Waals surface area contributed by atoms with E-state index in [1.165, 1.54) is 0 Å². The van der Waals surface area contributed by atoms with E-state index in [2.05, 4.69) is 5.32 Å². The zero-order chi connectivity index (χ0) is 22.8. The lowest BCUT2D eigenvalue weighted by Crippen LogP contribution is -2.32. The van der Waals surface area contributed by atoms with Gasteiger partial charge in [-0.15, -0.1) is 0 Å². The van der Waals surface area contributed by atoms with Gasteiger partial charge in [-0.25, -0.2) is 0 Å². The van der Waals surface area contributed by atoms with E-state index in [0.29, 0.717) is 18.7 Å². The number of fused-ring (bicyclic) bond motifs is 1. The second-order valence-corrected chi connectivity index (χ2v) is 8.82. The highest BCUT2D eigenvalue weighted by Crippen LogP contribution is 2.31. The van der Waals surface area contributed by atoms with Gasteiger partial charge in [-0.3, -0.25) is 14.4 Å². The third kappa shape index (κ3) is 4.33. The smallest absolute Gasteiger partial charge is 0.253 e. The van der Waals surface area contributed by atoms with E-state index in [-0.39, 0.29) is 30.1 Å². The summed E-state index contributed by atoms with van der Waals surface area (Å²) >= 11 is 0. The first-order valence-corrected chi connectivity index (χ1v) is 11.5. The molecule has 3 aromatic rings. The average molecular weight is 442 g/mol. The van der Waals surface area contributed by atoms with Crippen LogP contribution in [0.2, 0.25) is 0 Å². The number of nitrogens with zero attached hydrogens (tertiary/aromatic N) is 2. The van der Waals surface area contributed by atoms with E-state index in [4.69, 9.17) is 0 Å². The number of likely N-dealkylation sites (tertiary alicyclic amines) is 1. The molecule has 1 N–H and O–H groups in total. The number of nitrogens with one attached hydrogen (secondary N) is 1. The molecule has 0 spiro atoms. The van der Waals surface area contributed by atoms with E-state index in [1.807, 2.05) is 71.6 Å².